The molecule has 0 aliphatic carbocycles. The highest BCUT2D eigenvalue weighted by Crippen LogP contribution is 2.22. The SMILES string of the molecule is CC(=O)N[C@H](C)C(=O)N[C@@H](CCC(N)=O)C(=O)NCCCCCCO[C@H]1O[C@@H](C)[C@@H](O)[C@@H](O)[C@@H]1O. The molecule has 0 unspecified atom stereocenters. The predicted octanol–water partition coefficient (Wildman–Crippen LogP) is -2.22. The molecule has 13 heteroatoms. The molecule has 1 aliphatic rings. The van der Waals surface area contributed by atoms with E-state index in [9.17, 15) is 34.5 Å². The number of carbonyl (C=O) groups excluding carboxylic acids is 4. The number of aliphatic hydroxyl groups is 3. The number of nitrogens with one attached hydrogen (secondary N) is 3. The zero-order valence-corrected chi connectivity index (χ0v) is 20.6. The van der Waals surface area contributed by atoms with E-state index in [4.69, 9.17) is 15.2 Å². The first-order chi connectivity index (χ1) is 16.4. The maximum Gasteiger partial charge on any atom is 0.242 e. The predicted molar refractivity (Wildman–Crippen MR) is 123 cm³/mol. The second-order valence-corrected chi connectivity index (χ2v) is 8.75. The summed E-state index contributed by atoms with van der Waals surface area (Å²) in [5.74, 6) is -1.98. The maximum absolute atomic E-state index is 12.5. The van der Waals surface area contributed by atoms with Gasteiger partial charge in [0, 0.05) is 26.5 Å². The molecule has 0 spiro atoms. The van der Waals surface area contributed by atoms with Gasteiger partial charge >= 0.3 is 0 Å². The molecule has 7 atom stereocenters. The Morgan fingerprint density at radius 2 is 1.63 bits per heavy atom. The van der Waals surface area contributed by atoms with Crippen molar-refractivity contribution in [1.82, 2.24) is 16.0 Å². The summed E-state index contributed by atoms with van der Waals surface area (Å²) < 4.78 is 10.8. The van der Waals surface area contributed by atoms with E-state index in [0.29, 0.717) is 19.4 Å². The number of aliphatic hydroxyl groups excluding tert-OH is 3. The Hall–Kier alpha value is -2.32. The van der Waals surface area contributed by atoms with Gasteiger partial charge in [-0.1, -0.05) is 12.8 Å². The molecule has 1 saturated heterocycles. The Labute approximate surface area is 205 Å². The molecule has 1 rings (SSSR count). The molecule has 35 heavy (non-hydrogen) atoms. The van der Waals surface area contributed by atoms with Crippen molar-refractivity contribution >= 4 is 23.6 Å². The maximum atomic E-state index is 12.5. The molecule has 13 nitrogen and oxygen atoms in total. The van der Waals surface area contributed by atoms with Crippen LogP contribution in [0.3, 0.4) is 0 Å². The molecular formula is C22H40N4O9. The molecule has 0 aromatic heterocycles. The summed E-state index contributed by atoms with van der Waals surface area (Å²) in [6, 6.07) is -1.80. The van der Waals surface area contributed by atoms with Gasteiger partial charge < -0.3 is 46.5 Å². The summed E-state index contributed by atoms with van der Waals surface area (Å²) in [7, 11) is 0. The van der Waals surface area contributed by atoms with E-state index in [0.717, 1.165) is 12.8 Å². The van der Waals surface area contributed by atoms with Crippen molar-refractivity contribution in [3.05, 3.63) is 0 Å². The molecule has 1 aliphatic heterocycles. The van der Waals surface area contributed by atoms with E-state index in [2.05, 4.69) is 16.0 Å². The van der Waals surface area contributed by atoms with Crippen molar-refractivity contribution in [2.75, 3.05) is 13.2 Å². The molecule has 0 aromatic carbocycles. The average molecular weight is 505 g/mol. The highest BCUT2D eigenvalue weighted by atomic mass is 16.7. The van der Waals surface area contributed by atoms with Crippen LogP contribution in [0.4, 0.5) is 0 Å². The largest absolute Gasteiger partial charge is 0.388 e. The minimum atomic E-state index is -1.34. The number of hydrogen-bond acceptors (Lipinski definition) is 9. The fourth-order valence-electron chi connectivity index (χ4n) is 3.49. The fraction of sp³-hybridized carbons (Fsp3) is 0.818. The molecule has 0 bridgehead atoms. The van der Waals surface area contributed by atoms with Crippen molar-refractivity contribution in [2.45, 2.75) is 102 Å². The minimum Gasteiger partial charge on any atom is -0.388 e. The zero-order valence-electron chi connectivity index (χ0n) is 20.6. The van der Waals surface area contributed by atoms with Gasteiger partial charge in [0.15, 0.2) is 6.29 Å². The quantitative estimate of drug-likeness (QED) is 0.120. The van der Waals surface area contributed by atoms with Crippen molar-refractivity contribution in [3.8, 4) is 0 Å². The lowest BCUT2D eigenvalue weighted by molar-refractivity contribution is -0.293. The fourth-order valence-corrected chi connectivity index (χ4v) is 3.49. The van der Waals surface area contributed by atoms with E-state index in [1.54, 1.807) is 6.92 Å². The first-order valence-corrected chi connectivity index (χ1v) is 11.9. The van der Waals surface area contributed by atoms with Gasteiger partial charge in [0.2, 0.25) is 23.6 Å². The van der Waals surface area contributed by atoms with Crippen molar-refractivity contribution in [3.63, 3.8) is 0 Å². The number of rotatable bonds is 15. The van der Waals surface area contributed by atoms with E-state index in [-0.39, 0.29) is 25.4 Å². The molecule has 8 N–H and O–H groups in total. The Kier molecular flexibility index (Phi) is 13.7. The van der Waals surface area contributed by atoms with Crippen LogP contribution < -0.4 is 21.7 Å². The summed E-state index contributed by atoms with van der Waals surface area (Å²) in [6.07, 6.45) is -2.69. The molecule has 202 valence electrons. The van der Waals surface area contributed by atoms with Crippen molar-refractivity contribution in [2.24, 2.45) is 5.73 Å². The number of unbranched alkanes of at least 4 members (excludes halogenated alkanes) is 3. The van der Waals surface area contributed by atoms with Crippen molar-refractivity contribution < 1.29 is 44.0 Å². The van der Waals surface area contributed by atoms with Crippen LogP contribution >= 0.6 is 0 Å². The van der Waals surface area contributed by atoms with Gasteiger partial charge in [0.05, 0.1) is 6.10 Å². The monoisotopic (exact) mass is 504 g/mol. The molecule has 4 amide bonds. The van der Waals surface area contributed by atoms with Crippen LogP contribution in [-0.2, 0) is 28.7 Å². The molecule has 1 heterocycles. The van der Waals surface area contributed by atoms with Crippen LogP contribution in [0.15, 0.2) is 0 Å². The first kappa shape index (κ1) is 30.7. The van der Waals surface area contributed by atoms with E-state index < -0.39 is 60.5 Å². The number of amides is 4. The lowest BCUT2D eigenvalue weighted by Gasteiger charge is -2.38. The topological polar surface area (TPSA) is 210 Å². The third-order valence-electron chi connectivity index (χ3n) is 5.59. The lowest BCUT2D eigenvalue weighted by Crippen LogP contribution is -2.57. The highest BCUT2D eigenvalue weighted by molar-refractivity contribution is 5.91. The van der Waals surface area contributed by atoms with E-state index in [1.807, 2.05) is 0 Å². The van der Waals surface area contributed by atoms with Crippen molar-refractivity contribution in [1.29, 1.82) is 0 Å². The van der Waals surface area contributed by atoms with Crippen LogP contribution in [-0.4, -0.2) is 94.9 Å². The molecule has 0 radical (unpaired) electrons. The minimum absolute atomic E-state index is 0.0382. The average Bonchev–Trinajstić information content (AvgIpc) is 2.79. The molecular weight excluding hydrogens is 464 g/mol. The number of carbonyl (C=O) groups is 4. The number of nitrogens with two attached hydrogens (primary N) is 1. The lowest BCUT2D eigenvalue weighted by atomic mass is 10.0. The van der Waals surface area contributed by atoms with Gasteiger partial charge in [0.25, 0.3) is 0 Å². The molecule has 0 saturated carbocycles. The van der Waals surface area contributed by atoms with Crippen LogP contribution in [0.5, 0.6) is 0 Å². The number of primary amides is 1. The van der Waals surface area contributed by atoms with E-state index >= 15 is 0 Å². The van der Waals surface area contributed by atoms with Crippen LogP contribution in [0, 0.1) is 0 Å². The molecule has 1 fully saturated rings. The third kappa shape index (κ3) is 11.3. The zero-order chi connectivity index (χ0) is 26.5. The standard InChI is InChI=1S/C22H40N4O9/c1-12(25-14(3)27)20(32)26-15(8-9-16(23)28)21(33)24-10-6-4-5-7-11-34-22-19(31)18(30)17(29)13(2)35-22/h12-13,15,17-19,22,29-31H,4-11H2,1-3H3,(H2,23,28)(H,24,33)(H,25,27)(H,26,32)/t12-,13+,15+,17-,18-,19+,22+/m1/s1. The molecule has 0 aromatic rings. The Balaban J connectivity index is 2.30. The highest BCUT2D eigenvalue weighted by Gasteiger charge is 2.42. The first-order valence-electron chi connectivity index (χ1n) is 11.9. The summed E-state index contributed by atoms with van der Waals surface area (Å²) >= 11 is 0. The number of ether oxygens (including phenoxy) is 2. The van der Waals surface area contributed by atoms with Crippen LogP contribution in [0.1, 0.15) is 59.3 Å². The van der Waals surface area contributed by atoms with Crippen LogP contribution in [0.2, 0.25) is 0 Å². The van der Waals surface area contributed by atoms with Gasteiger partial charge in [-0.2, -0.15) is 0 Å². The Morgan fingerprint density at radius 3 is 2.26 bits per heavy atom. The van der Waals surface area contributed by atoms with Gasteiger partial charge in [-0.25, -0.2) is 0 Å². The van der Waals surface area contributed by atoms with Gasteiger partial charge in [-0.15, -0.1) is 0 Å². The number of hydrogen-bond donors (Lipinski definition) is 7. The van der Waals surface area contributed by atoms with Crippen LogP contribution in [0.25, 0.3) is 0 Å². The van der Waals surface area contributed by atoms with Gasteiger partial charge in [-0.3, -0.25) is 19.2 Å². The van der Waals surface area contributed by atoms with E-state index in [1.165, 1.54) is 13.8 Å². The third-order valence-corrected chi connectivity index (χ3v) is 5.59. The Bertz CT molecular complexity index is 708. The van der Waals surface area contributed by atoms with Gasteiger partial charge in [-0.05, 0) is 33.1 Å². The summed E-state index contributed by atoms with van der Waals surface area (Å²) in [5, 5.41) is 37.1. The Morgan fingerprint density at radius 1 is 0.971 bits per heavy atom. The normalized spacial score (nSPS) is 25.8. The summed E-state index contributed by atoms with van der Waals surface area (Å²) in [4.78, 5) is 46.9. The smallest absolute Gasteiger partial charge is 0.242 e. The van der Waals surface area contributed by atoms with Gasteiger partial charge in [0.1, 0.15) is 30.4 Å². The second-order valence-electron chi connectivity index (χ2n) is 8.75. The second kappa shape index (κ2) is 15.6. The summed E-state index contributed by atoms with van der Waals surface area (Å²) in [6.45, 7) is 4.98. The summed E-state index contributed by atoms with van der Waals surface area (Å²) in [5.41, 5.74) is 5.16.